The summed E-state index contributed by atoms with van der Waals surface area (Å²) in [5, 5.41) is 2.81. The molecule has 2 amide bonds. The zero-order chi connectivity index (χ0) is 18.1. The van der Waals surface area contributed by atoms with Gasteiger partial charge in [-0.1, -0.05) is 42.5 Å². The molecule has 0 aliphatic carbocycles. The van der Waals surface area contributed by atoms with E-state index in [1.54, 1.807) is 4.90 Å². The largest absolute Gasteiger partial charge is 0.490 e. The van der Waals surface area contributed by atoms with E-state index in [-0.39, 0.29) is 18.8 Å². The van der Waals surface area contributed by atoms with E-state index in [9.17, 15) is 4.79 Å². The number of hydrogen-bond donors (Lipinski definition) is 1. The number of benzene rings is 2. The molecule has 2 rings (SSSR count). The smallest absolute Gasteiger partial charge is 0.320 e. The van der Waals surface area contributed by atoms with E-state index in [0.29, 0.717) is 24.7 Å². The number of carbonyl (C=O) groups is 1. The number of amides is 2. The van der Waals surface area contributed by atoms with Gasteiger partial charge in [0.15, 0.2) is 18.2 Å². The molecule has 0 aliphatic rings. The number of urea groups is 1. The van der Waals surface area contributed by atoms with Gasteiger partial charge in [0.1, 0.15) is 0 Å². The molecule has 5 heteroatoms. The van der Waals surface area contributed by atoms with E-state index >= 15 is 0 Å². The molecule has 134 valence electrons. The molecule has 0 radical (unpaired) electrons. The Morgan fingerprint density at radius 1 is 1.00 bits per heavy atom. The van der Waals surface area contributed by atoms with Crippen molar-refractivity contribution in [2.75, 3.05) is 13.3 Å². The Hall–Kier alpha value is -2.69. The van der Waals surface area contributed by atoms with Crippen molar-refractivity contribution in [2.24, 2.45) is 0 Å². The zero-order valence-corrected chi connectivity index (χ0v) is 15.1. The first kappa shape index (κ1) is 18.6. The predicted molar refractivity (Wildman–Crippen MR) is 98.8 cm³/mol. The van der Waals surface area contributed by atoms with Crippen molar-refractivity contribution < 1.29 is 14.3 Å². The third-order valence-electron chi connectivity index (χ3n) is 3.68. The van der Waals surface area contributed by atoms with E-state index < -0.39 is 0 Å². The number of nitrogens with zero attached hydrogens (tertiary/aromatic N) is 1. The Morgan fingerprint density at radius 2 is 1.60 bits per heavy atom. The lowest BCUT2D eigenvalue weighted by atomic mass is 10.2. The third kappa shape index (κ3) is 5.71. The zero-order valence-electron chi connectivity index (χ0n) is 15.1. The molecule has 25 heavy (non-hydrogen) atoms. The summed E-state index contributed by atoms with van der Waals surface area (Å²) in [6, 6.07) is 17.3. The van der Waals surface area contributed by atoms with Crippen molar-refractivity contribution in [3.8, 4) is 11.5 Å². The Morgan fingerprint density at radius 3 is 2.20 bits per heavy atom. The fourth-order valence-electron chi connectivity index (χ4n) is 2.39. The van der Waals surface area contributed by atoms with Crippen LogP contribution in [0.5, 0.6) is 11.5 Å². The highest BCUT2D eigenvalue weighted by Crippen LogP contribution is 2.25. The van der Waals surface area contributed by atoms with Crippen LogP contribution in [0.25, 0.3) is 0 Å². The van der Waals surface area contributed by atoms with E-state index in [1.807, 2.05) is 75.4 Å². The second-order valence-corrected chi connectivity index (χ2v) is 5.86. The number of para-hydroxylation sites is 2. The summed E-state index contributed by atoms with van der Waals surface area (Å²) in [4.78, 5) is 14.3. The second kappa shape index (κ2) is 9.57. The van der Waals surface area contributed by atoms with Crippen molar-refractivity contribution in [2.45, 2.75) is 33.4 Å². The summed E-state index contributed by atoms with van der Waals surface area (Å²) >= 11 is 0. The Kier molecular flexibility index (Phi) is 7.14. The minimum atomic E-state index is -0.159. The summed E-state index contributed by atoms with van der Waals surface area (Å²) in [7, 11) is 0. The fraction of sp³-hybridized carbons (Fsp3) is 0.350. The fourth-order valence-corrected chi connectivity index (χ4v) is 2.39. The average molecular weight is 342 g/mol. The van der Waals surface area contributed by atoms with E-state index in [0.717, 1.165) is 5.56 Å². The van der Waals surface area contributed by atoms with Gasteiger partial charge in [-0.05, 0) is 38.5 Å². The molecule has 2 aromatic carbocycles. The van der Waals surface area contributed by atoms with Crippen LogP contribution in [0.1, 0.15) is 26.3 Å². The number of rotatable bonds is 8. The Labute approximate surface area is 149 Å². The first-order valence-electron chi connectivity index (χ1n) is 8.54. The highest BCUT2D eigenvalue weighted by Gasteiger charge is 2.17. The van der Waals surface area contributed by atoms with Crippen molar-refractivity contribution in [1.29, 1.82) is 0 Å². The molecule has 0 unspecified atom stereocenters. The number of nitrogens with one attached hydrogen (secondary N) is 1. The van der Waals surface area contributed by atoms with Crippen LogP contribution in [-0.2, 0) is 6.54 Å². The van der Waals surface area contributed by atoms with E-state index in [2.05, 4.69) is 5.32 Å². The van der Waals surface area contributed by atoms with Gasteiger partial charge < -0.3 is 19.7 Å². The van der Waals surface area contributed by atoms with Crippen molar-refractivity contribution in [1.82, 2.24) is 10.2 Å². The minimum Gasteiger partial charge on any atom is -0.490 e. The predicted octanol–water partition coefficient (Wildman–Crippen LogP) is 4.04. The molecule has 0 spiro atoms. The highest BCUT2D eigenvalue weighted by atomic mass is 16.5. The minimum absolute atomic E-state index is 0.0796. The first-order valence-corrected chi connectivity index (χ1v) is 8.54. The lowest BCUT2D eigenvalue weighted by molar-refractivity contribution is 0.167. The number of hydrogen-bond acceptors (Lipinski definition) is 3. The van der Waals surface area contributed by atoms with Crippen LogP contribution in [0.3, 0.4) is 0 Å². The van der Waals surface area contributed by atoms with Crippen molar-refractivity contribution in [3.05, 3.63) is 60.2 Å². The summed E-state index contributed by atoms with van der Waals surface area (Å²) in [5.74, 6) is 1.29. The van der Waals surface area contributed by atoms with Crippen LogP contribution in [0.4, 0.5) is 4.79 Å². The molecule has 0 aromatic heterocycles. The van der Waals surface area contributed by atoms with Crippen LogP contribution >= 0.6 is 0 Å². The molecule has 5 nitrogen and oxygen atoms in total. The summed E-state index contributed by atoms with van der Waals surface area (Å²) in [6.07, 6.45) is 0. The van der Waals surface area contributed by atoms with Gasteiger partial charge in [0, 0.05) is 12.6 Å². The van der Waals surface area contributed by atoms with E-state index in [1.165, 1.54) is 0 Å². The van der Waals surface area contributed by atoms with Crippen molar-refractivity contribution >= 4 is 6.03 Å². The molecule has 0 bridgehead atoms. The maximum atomic E-state index is 12.5. The van der Waals surface area contributed by atoms with Crippen molar-refractivity contribution in [3.63, 3.8) is 0 Å². The topological polar surface area (TPSA) is 50.8 Å². The molecular weight excluding hydrogens is 316 g/mol. The standard InChI is InChI=1S/C20H26N2O3/c1-4-24-18-12-8-9-13-19(18)25-15-21-20(23)22(16(2)3)14-17-10-6-5-7-11-17/h5-13,16H,4,14-15H2,1-3H3,(H,21,23). The van der Waals surface area contributed by atoms with Crippen LogP contribution < -0.4 is 14.8 Å². The quantitative estimate of drug-likeness (QED) is 0.737. The Bertz CT molecular complexity index is 659. The van der Waals surface area contributed by atoms with Gasteiger partial charge in [0.2, 0.25) is 0 Å². The molecule has 0 atom stereocenters. The molecule has 1 N–H and O–H groups in total. The molecule has 0 fully saturated rings. The first-order chi connectivity index (χ1) is 12.1. The molecule has 0 saturated carbocycles. The monoisotopic (exact) mass is 342 g/mol. The molecule has 2 aromatic rings. The Balaban J connectivity index is 1.91. The van der Waals surface area contributed by atoms with Crippen LogP contribution in [-0.4, -0.2) is 30.3 Å². The third-order valence-corrected chi connectivity index (χ3v) is 3.68. The maximum absolute atomic E-state index is 12.5. The van der Waals surface area contributed by atoms with Crippen LogP contribution in [0.2, 0.25) is 0 Å². The van der Waals surface area contributed by atoms with Crippen LogP contribution in [0, 0.1) is 0 Å². The number of carbonyl (C=O) groups excluding carboxylic acids is 1. The van der Waals surface area contributed by atoms with Gasteiger partial charge in [-0.25, -0.2) is 4.79 Å². The lowest BCUT2D eigenvalue weighted by Gasteiger charge is -2.27. The van der Waals surface area contributed by atoms with Gasteiger partial charge in [0.25, 0.3) is 0 Å². The molecular formula is C20H26N2O3. The second-order valence-electron chi connectivity index (χ2n) is 5.86. The van der Waals surface area contributed by atoms with Gasteiger partial charge in [-0.15, -0.1) is 0 Å². The van der Waals surface area contributed by atoms with Gasteiger partial charge >= 0.3 is 6.03 Å². The van der Waals surface area contributed by atoms with Crippen LogP contribution in [0.15, 0.2) is 54.6 Å². The molecule has 0 saturated heterocycles. The van der Waals surface area contributed by atoms with Gasteiger partial charge in [0.05, 0.1) is 6.61 Å². The summed E-state index contributed by atoms with van der Waals surface area (Å²) < 4.78 is 11.2. The summed E-state index contributed by atoms with van der Waals surface area (Å²) in [6.45, 7) is 7.11. The van der Waals surface area contributed by atoms with Gasteiger partial charge in [-0.2, -0.15) is 0 Å². The number of ether oxygens (including phenoxy) is 2. The van der Waals surface area contributed by atoms with Gasteiger partial charge in [-0.3, -0.25) is 0 Å². The summed E-state index contributed by atoms with van der Waals surface area (Å²) in [5.41, 5.74) is 1.09. The van der Waals surface area contributed by atoms with E-state index in [4.69, 9.17) is 9.47 Å². The molecule has 0 aliphatic heterocycles. The average Bonchev–Trinajstić information content (AvgIpc) is 2.62. The molecule has 0 heterocycles. The SMILES string of the molecule is CCOc1ccccc1OCNC(=O)N(Cc1ccccc1)C(C)C. The maximum Gasteiger partial charge on any atom is 0.320 e. The lowest BCUT2D eigenvalue weighted by Crippen LogP contribution is -2.44. The normalized spacial score (nSPS) is 10.4. The highest BCUT2D eigenvalue weighted by molar-refractivity contribution is 5.74.